The van der Waals surface area contributed by atoms with Gasteiger partial charge in [0.25, 0.3) is 0 Å². The maximum absolute atomic E-state index is 12.7. The number of ether oxygens (including phenoxy) is 1. The van der Waals surface area contributed by atoms with Gasteiger partial charge in [-0.3, -0.25) is 4.79 Å². The molecule has 19 heavy (non-hydrogen) atoms. The molecular weight excluding hydrogens is 283 g/mol. The summed E-state index contributed by atoms with van der Waals surface area (Å²) in [6, 6.07) is 3.40. The van der Waals surface area contributed by atoms with Gasteiger partial charge >= 0.3 is 12.1 Å². The van der Waals surface area contributed by atoms with Crippen LogP contribution in [0.15, 0.2) is 12.1 Å². The maximum atomic E-state index is 12.7. The molecule has 0 radical (unpaired) electrons. The average molecular weight is 292 g/mol. The highest BCUT2D eigenvalue weighted by molar-refractivity contribution is 6.32. The lowest BCUT2D eigenvalue weighted by Crippen LogP contribution is -2.12. The second kappa shape index (κ2) is 5.93. The molecule has 0 bridgehead atoms. The Morgan fingerprint density at radius 3 is 2.58 bits per heavy atom. The Morgan fingerprint density at radius 2 is 2.11 bits per heavy atom. The highest BCUT2D eigenvalue weighted by Gasteiger charge is 2.35. The minimum atomic E-state index is -4.69. The number of carbonyl (C=O) groups excluding carboxylic acids is 1. The fourth-order valence-corrected chi connectivity index (χ4v) is 1.73. The minimum Gasteiger partial charge on any atom is -0.466 e. The molecule has 0 aliphatic heterocycles. The van der Waals surface area contributed by atoms with Gasteiger partial charge < -0.3 is 4.74 Å². The molecule has 1 rings (SSSR count). The van der Waals surface area contributed by atoms with Crippen molar-refractivity contribution in [3.05, 3.63) is 33.8 Å². The summed E-state index contributed by atoms with van der Waals surface area (Å²) < 4.78 is 42.8. The fraction of sp³-hybridized carbons (Fsp3) is 0.333. The van der Waals surface area contributed by atoms with E-state index in [4.69, 9.17) is 16.9 Å². The SMILES string of the molecule is CCOC(=O)Cc1cc(C#N)cc(C(F)(F)F)c1Cl. The third-order valence-electron chi connectivity index (χ3n) is 2.22. The topological polar surface area (TPSA) is 50.1 Å². The first-order valence-electron chi connectivity index (χ1n) is 5.25. The molecular formula is C12H9ClF3NO2. The van der Waals surface area contributed by atoms with Crippen LogP contribution in [0.5, 0.6) is 0 Å². The Bertz CT molecular complexity index is 535. The molecule has 0 saturated carbocycles. The Hall–Kier alpha value is -1.74. The van der Waals surface area contributed by atoms with E-state index in [1.54, 1.807) is 13.0 Å². The smallest absolute Gasteiger partial charge is 0.417 e. The Balaban J connectivity index is 3.25. The van der Waals surface area contributed by atoms with E-state index in [0.29, 0.717) is 6.07 Å². The molecule has 0 unspecified atom stereocenters. The zero-order valence-electron chi connectivity index (χ0n) is 9.84. The minimum absolute atomic E-state index is 0.0773. The van der Waals surface area contributed by atoms with Crippen LogP contribution >= 0.6 is 11.6 Å². The molecule has 0 aliphatic carbocycles. The lowest BCUT2D eigenvalue weighted by atomic mass is 10.0. The third-order valence-corrected chi connectivity index (χ3v) is 2.67. The van der Waals surface area contributed by atoms with Crippen LogP contribution in [0, 0.1) is 11.3 Å². The normalized spacial score (nSPS) is 10.9. The van der Waals surface area contributed by atoms with Crippen molar-refractivity contribution in [2.24, 2.45) is 0 Å². The molecule has 1 aromatic rings. The predicted molar refractivity (Wildman–Crippen MR) is 61.5 cm³/mol. The summed E-state index contributed by atoms with van der Waals surface area (Å²) in [6.45, 7) is 1.69. The lowest BCUT2D eigenvalue weighted by Gasteiger charge is -2.13. The molecule has 0 heterocycles. The number of nitrogens with zero attached hydrogens (tertiary/aromatic N) is 1. The van der Waals surface area contributed by atoms with Gasteiger partial charge in [0.1, 0.15) is 0 Å². The first-order valence-corrected chi connectivity index (χ1v) is 5.62. The average Bonchev–Trinajstić information content (AvgIpc) is 2.30. The molecule has 102 valence electrons. The van der Waals surface area contributed by atoms with Crippen molar-refractivity contribution in [1.82, 2.24) is 0 Å². The van der Waals surface area contributed by atoms with Gasteiger partial charge in [-0.15, -0.1) is 0 Å². The van der Waals surface area contributed by atoms with Crippen LogP contribution < -0.4 is 0 Å². The van der Waals surface area contributed by atoms with E-state index in [9.17, 15) is 18.0 Å². The number of hydrogen-bond acceptors (Lipinski definition) is 3. The van der Waals surface area contributed by atoms with Gasteiger partial charge in [0.05, 0.1) is 35.2 Å². The molecule has 0 aliphatic rings. The van der Waals surface area contributed by atoms with Crippen molar-refractivity contribution in [3.63, 3.8) is 0 Å². The molecule has 1 aromatic carbocycles. The Labute approximate surface area is 112 Å². The number of rotatable bonds is 3. The van der Waals surface area contributed by atoms with Crippen LogP contribution in [-0.4, -0.2) is 12.6 Å². The van der Waals surface area contributed by atoms with Crippen molar-refractivity contribution in [1.29, 1.82) is 5.26 Å². The van der Waals surface area contributed by atoms with Crippen molar-refractivity contribution in [2.45, 2.75) is 19.5 Å². The number of halogens is 4. The molecule has 0 amide bonds. The van der Waals surface area contributed by atoms with Gasteiger partial charge in [0, 0.05) is 0 Å². The highest BCUT2D eigenvalue weighted by atomic mass is 35.5. The predicted octanol–water partition coefficient (Wildman–Crippen LogP) is 3.34. The Morgan fingerprint density at radius 1 is 1.47 bits per heavy atom. The van der Waals surface area contributed by atoms with Crippen molar-refractivity contribution in [3.8, 4) is 6.07 Å². The van der Waals surface area contributed by atoms with Gasteiger partial charge in [0.15, 0.2) is 0 Å². The summed E-state index contributed by atoms with van der Waals surface area (Å²) in [5.41, 5.74) is -1.42. The van der Waals surface area contributed by atoms with E-state index in [-0.39, 0.29) is 17.7 Å². The van der Waals surface area contributed by atoms with Gasteiger partial charge in [-0.25, -0.2) is 0 Å². The standard InChI is InChI=1S/C12H9ClF3NO2/c1-2-19-10(18)5-8-3-7(6-17)4-9(11(8)13)12(14,15)16/h3-4H,2,5H2,1H3. The molecule has 0 atom stereocenters. The number of nitriles is 1. The van der Waals surface area contributed by atoms with E-state index in [1.807, 2.05) is 0 Å². The number of alkyl halides is 3. The van der Waals surface area contributed by atoms with Crippen LogP contribution in [0.3, 0.4) is 0 Å². The number of benzene rings is 1. The van der Waals surface area contributed by atoms with Gasteiger partial charge in [-0.05, 0) is 24.6 Å². The van der Waals surface area contributed by atoms with E-state index < -0.39 is 29.2 Å². The fourth-order valence-electron chi connectivity index (χ4n) is 1.45. The van der Waals surface area contributed by atoms with Gasteiger partial charge in [-0.2, -0.15) is 18.4 Å². The zero-order valence-corrected chi connectivity index (χ0v) is 10.6. The summed E-state index contributed by atoms with van der Waals surface area (Å²) in [5, 5.41) is 8.12. The molecule has 7 heteroatoms. The zero-order chi connectivity index (χ0) is 14.6. The molecule has 0 aromatic heterocycles. The second-order valence-electron chi connectivity index (χ2n) is 3.59. The van der Waals surface area contributed by atoms with Crippen LogP contribution in [0.1, 0.15) is 23.6 Å². The summed E-state index contributed by atoms with van der Waals surface area (Å²) in [7, 11) is 0. The summed E-state index contributed by atoms with van der Waals surface area (Å²) >= 11 is 5.63. The van der Waals surface area contributed by atoms with Gasteiger partial charge in [0.2, 0.25) is 0 Å². The van der Waals surface area contributed by atoms with E-state index in [0.717, 1.165) is 6.07 Å². The molecule has 0 N–H and O–H groups in total. The summed E-state index contributed by atoms with van der Waals surface area (Å²) in [5.74, 6) is -0.701. The first-order chi connectivity index (χ1) is 8.79. The summed E-state index contributed by atoms with van der Waals surface area (Å²) in [6.07, 6.45) is -5.10. The molecule has 3 nitrogen and oxygen atoms in total. The van der Waals surface area contributed by atoms with Crippen molar-refractivity contribution >= 4 is 17.6 Å². The Kier molecular flexibility index (Phi) is 4.78. The molecule has 0 fully saturated rings. The molecule has 0 saturated heterocycles. The van der Waals surface area contributed by atoms with E-state index in [2.05, 4.69) is 4.74 Å². The third kappa shape index (κ3) is 3.86. The van der Waals surface area contributed by atoms with Crippen LogP contribution in [0.25, 0.3) is 0 Å². The molecule has 0 spiro atoms. The first kappa shape index (κ1) is 15.3. The lowest BCUT2D eigenvalue weighted by molar-refractivity contribution is -0.142. The summed E-state index contributed by atoms with van der Waals surface area (Å²) in [4.78, 5) is 11.3. The van der Waals surface area contributed by atoms with E-state index >= 15 is 0 Å². The van der Waals surface area contributed by atoms with Crippen molar-refractivity contribution < 1.29 is 22.7 Å². The number of carbonyl (C=O) groups is 1. The monoisotopic (exact) mass is 291 g/mol. The quantitative estimate of drug-likeness (QED) is 0.803. The van der Waals surface area contributed by atoms with Crippen molar-refractivity contribution in [2.75, 3.05) is 6.61 Å². The highest BCUT2D eigenvalue weighted by Crippen LogP contribution is 2.37. The van der Waals surface area contributed by atoms with Gasteiger partial charge in [-0.1, -0.05) is 11.6 Å². The van der Waals surface area contributed by atoms with Crippen LogP contribution in [0.4, 0.5) is 13.2 Å². The van der Waals surface area contributed by atoms with Crippen LogP contribution in [0.2, 0.25) is 5.02 Å². The number of hydrogen-bond donors (Lipinski definition) is 0. The second-order valence-corrected chi connectivity index (χ2v) is 3.97. The maximum Gasteiger partial charge on any atom is 0.417 e. The van der Waals surface area contributed by atoms with E-state index in [1.165, 1.54) is 0 Å². The number of esters is 1. The largest absolute Gasteiger partial charge is 0.466 e. The van der Waals surface area contributed by atoms with Crippen LogP contribution in [-0.2, 0) is 22.1 Å².